The van der Waals surface area contributed by atoms with Gasteiger partial charge in [-0.25, -0.2) is 9.50 Å². The van der Waals surface area contributed by atoms with Crippen LogP contribution in [0.1, 0.15) is 35.1 Å². The number of anilines is 2. The molecular weight excluding hydrogens is 516 g/mol. The number of carbonyl (C=O) groups is 2. The fourth-order valence-corrected chi connectivity index (χ4v) is 5.91. The van der Waals surface area contributed by atoms with Crippen LogP contribution >= 0.6 is 22.9 Å². The highest BCUT2D eigenvalue weighted by molar-refractivity contribution is 7.18. The Kier molecular flexibility index (Phi) is 7.22. The molecule has 1 atom stereocenters. The van der Waals surface area contributed by atoms with Crippen molar-refractivity contribution in [1.29, 1.82) is 0 Å². The Bertz CT molecular complexity index is 1370. The molecular formula is C24H29ClN8O3S. The summed E-state index contributed by atoms with van der Waals surface area (Å²) >= 11 is 7.34. The fourth-order valence-electron chi connectivity index (χ4n) is 4.84. The highest BCUT2D eigenvalue weighted by atomic mass is 35.5. The van der Waals surface area contributed by atoms with Gasteiger partial charge >= 0.3 is 0 Å². The number of fused-ring (bicyclic) bond motifs is 1. The van der Waals surface area contributed by atoms with Crippen LogP contribution in [0.5, 0.6) is 5.75 Å². The van der Waals surface area contributed by atoms with Crippen LogP contribution in [0.4, 0.5) is 11.5 Å². The van der Waals surface area contributed by atoms with E-state index in [-0.39, 0.29) is 17.9 Å². The maximum atomic E-state index is 13.1. The van der Waals surface area contributed by atoms with Gasteiger partial charge in [-0.3, -0.25) is 9.59 Å². The minimum atomic E-state index is -0.221. The lowest BCUT2D eigenvalue weighted by Gasteiger charge is -2.34. The van der Waals surface area contributed by atoms with E-state index in [1.807, 2.05) is 6.08 Å². The van der Waals surface area contributed by atoms with Crippen LogP contribution in [0.2, 0.25) is 4.34 Å². The molecule has 0 aromatic carbocycles. The largest absolute Gasteiger partial charge is 0.490 e. The van der Waals surface area contributed by atoms with Gasteiger partial charge in [-0.1, -0.05) is 17.7 Å². The highest BCUT2D eigenvalue weighted by Gasteiger charge is 2.29. The van der Waals surface area contributed by atoms with Crippen LogP contribution in [0.25, 0.3) is 11.1 Å². The number of nitrogens with one attached hydrogen (secondary N) is 1. The third kappa shape index (κ3) is 5.09. The van der Waals surface area contributed by atoms with Crippen LogP contribution in [-0.2, 0) is 4.79 Å². The molecule has 2 amide bonds. The van der Waals surface area contributed by atoms with E-state index in [1.54, 1.807) is 22.4 Å². The van der Waals surface area contributed by atoms with Crippen molar-refractivity contribution in [3.8, 4) is 5.75 Å². The van der Waals surface area contributed by atoms with Crippen molar-refractivity contribution < 1.29 is 14.3 Å². The predicted octanol–water partition coefficient (Wildman–Crippen LogP) is 2.01. The van der Waals surface area contributed by atoms with Crippen LogP contribution < -0.4 is 26.4 Å². The molecule has 1 fully saturated rings. The molecule has 5 rings (SSSR count). The molecule has 0 bridgehead atoms. The minimum absolute atomic E-state index is 0.0275. The van der Waals surface area contributed by atoms with E-state index < -0.39 is 0 Å². The second-order valence-corrected chi connectivity index (χ2v) is 10.8. The summed E-state index contributed by atoms with van der Waals surface area (Å²) in [5, 5.41) is 7.61. The van der Waals surface area contributed by atoms with Crippen molar-refractivity contribution >= 4 is 57.3 Å². The molecule has 5 heterocycles. The van der Waals surface area contributed by atoms with Gasteiger partial charge in [0.2, 0.25) is 5.91 Å². The summed E-state index contributed by atoms with van der Waals surface area (Å²) in [5.41, 5.74) is 15.4. The van der Waals surface area contributed by atoms with Crippen LogP contribution in [0.15, 0.2) is 24.5 Å². The summed E-state index contributed by atoms with van der Waals surface area (Å²) in [7, 11) is 0. The topological polar surface area (TPSA) is 144 Å². The Labute approximate surface area is 223 Å². The lowest BCUT2D eigenvalue weighted by Crippen LogP contribution is -2.47. The molecule has 11 nitrogen and oxygen atoms in total. The Morgan fingerprint density at radius 3 is 2.95 bits per heavy atom. The Morgan fingerprint density at radius 2 is 2.19 bits per heavy atom. The summed E-state index contributed by atoms with van der Waals surface area (Å²) in [5.74, 6) is 0.628. The minimum Gasteiger partial charge on any atom is -0.490 e. The van der Waals surface area contributed by atoms with Gasteiger partial charge in [0.05, 0.1) is 15.7 Å². The zero-order valence-electron chi connectivity index (χ0n) is 20.4. The maximum Gasteiger partial charge on any atom is 0.265 e. The highest BCUT2D eigenvalue weighted by Crippen LogP contribution is 2.36. The number of thiophene rings is 1. The van der Waals surface area contributed by atoms with Crippen molar-refractivity contribution in [2.45, 2.75) is 25.8 Å². The van der Waals surface area contributed by atoms with Gasteiger partial charge in [0.1, 0.15) is 29.1 Å². The van der Waals surface area contributed by atoms with Crippen LogP contribution in [-0.4, -0.2) is 76.7 Å². The first-order valence-electron chi connectivity index (χ1n) is 12.1. The smallest absolute Gasteiger partial charge is 0.265 e. The molecule has 0 spiro atoms. The summed E-state index contributed by atoms with van der Waals surface area (Å²) in [4.78, 5) is 33.6. The van der Waals surface area contributed by atoms with Crippen molar-refractivity contribution in [2.75, 3.05) is 50.0 Å². The number of halogens is 1. The standard InChI is InChI=1S/C24H29ClN8O3S/c1-14(34)31-7-4-15(11-31)17-9-18(21-23(27)28-13-29-33(17)21)32-6-2-3-16(12-32)30-24(35)22-19(36-8-5-26)10-20(25)37-22/h4,9-10,13,16H,2-3,5-8,11-12,26H2,1H3,(H,30,35)(H2,27,28,29)/t16-/m1/s1. The first-order chi connectivity index (χ1) is 17.9. The summed E-state index contributed by atoms with van der Waals surface area (Å²) < 4.78 is 7.89. The first-order valence-corrected chi connectivity index (χ1v) is 13.3. The fraction of sp³-hybridized carbons (Fsp3) is 0.417. The number of rotatable bonds is 7. The van der Waals surface area contributed by atoms with E-state index in [1.165, 1.54) is 17.7 Å². The molecule has 0 radical (unpaired) electrons. The Morgan fingerprint density at radius 1 is 1.35 bits per heavy atom. The number of hydrogen-bond acceptors (Lipinski definition) is 9. The number of amides is 2. The summed E-state index contributed by atoms with van der Waals surface area (Å²) in [6.45, 7) is 4.69. The van der Waals surface area contributed by atoms with E-state index in [0.717, 1.165) is 36.3 Å². The van der Waals surface area contributed by atoms with Crippen molar-refractivity contribution in [1.82, 2.24) is 24.8 Å². The number of hydrogen-bond donors (Lipinski definition) is 3. The average molecular weight is 545 g/mol. The number of nitrogen functional groups attached to an aromatic ring is 1. The van der Waals surface area contributed by atoms with Crippen LogP contribution in [0, 0.1) is 0 Å². The monoisotopic (exact) mass is 544 g/mol. The van der Waals surface area contributed by atoms with Gasteiger partial charge in [-0.05, 0) is 24.5 Å². The van der Waals surface area contributed by atoms with E-state index in [2.05, 4.69) is 26.4 Å². The zero-order chi connectivity index (χ0) is 26.1. The molecule has 196 valence electrons. The van der Waals surface area contributed by atoms with E-state index in [9.17, 15) is 9.59 Å². The molecule has 3 aromatic rings. The molecule has 13 heteroatoms. The predicted molar refractivity (Wildman–Crippen MR) is 144 cm³/mol. The molecule has 3 aromatic heterocycles. The lowest BCUT2D eigenvalue weighted by molar-refractivity contribution is -0.127. The van der Waals surface area contributed by atoms with E-state index in [4.69, 9.17) is 27.8 Å². The third-order valence-electron chi connectivity index (χ3n) is 6.60. The molecule has 2 aliphatic heterocycles. The molecule has 1 saturated heterocycles. The molecule has 0 aliphatic carbocycles. The quantitative estimate of drug-likeness (QED) is 0.409. The molecule has 2 aliphatic rings. The SMILES string of the molecule is CC(=O)N1CC=C(c2cc(N3CCC[C@@H](NC(=O)c4sc(Cl)cc4OCCN)C3)c3c(N)ncnn23)C1. The molecule has 0 saturated carbocycles. The first kappa shape index (κ1) is 25.3. The van der Waals surface area contributed by atoms with Gasteiger partial charge in [0.25, 0.3) is 5.91 Å². The number of ether oxygens (including phenoxy) is 1. The van der Waals surface area contributed by atoms with E-state index in [0.29, 0.717) is 59.1 Å². The molecule has 0 unspecified atom stereocenters. The number of piperidine rings is 1. The summed E-state index contributed by atoms with van der Waals surface area (Å²) in [6, 6.07) is 3.61. The van der Waals surface area contributed by atoms with Gasteiger partial charge in [-0.15, -0.1) is 11.3 Å². The van der Waals surface area contributed by atoms with Crippen molar-refractivity contribution in [3.63, 3.8) is 0 Å². The van der Waals surface area contributed by atoms with Gasteiger partial charge < -0.3 is 31.3 Å². The number of nitrogens with zero attached hydrogens (tertiary/aromatic N) is 5. The van der Waals surface area contributed by atoms with Crippen molar-refractivity contribution in [2.24, 2.45) is 5.73 Å². The number of carbonyl (C=O) groups excluding carboxylic acids is 2. The van der Waals surface area contributed by atoms with Crippen LogP contribution in [0.3, 0.4) is 0 Å². The van der Waals surface area contributed by atoms with E-state index >= 15 is 0 Å². The normalized spacial score (nSPS) is 17.8. The second-order valence-electron chi connectivity index (χ2n) is 9.09. The molecule has 5 N–H and O–H groups in total. The van der Waals surface area contributed by atoms with Crippen molar-refractivity contribution in [3.05, 3.63) is 39.4 Å². The average Bonchev–Trinajstić information content (AvgIpc) is 3.60. The van der Waals surface area contributed by atoms with Gasteiger partial charge in [0, 0.05) is 51.8 Å². The Balaban J connectivity index is 1.38. The third-order valence-corrected chi connectivity index (χ3v) is 7.85. The zero-order valence-corrected chi connectivity index (χ0v) is 22.0. The number of aromatic nitrogens is 3. The van der Waals surface area contributed by atoms with Gasteiger partial charge in [0.15, 0.2) is 5.82 Å². The van der Waals surface area contributed by atoms with Gasteiger partial charge in [-0.2, -0.15) is 5.10 Å². The summed E-state index contributed by atoms with van der Waals surface area (Å²) in [6.07, 6.45) is 5.20. The molecule has 37 heavy (non-hydrogen) atoms. The Hall–Kier alpha value is -3.35. The maximum absolute atomic E-state index is 13.1. The second kappa shape index (κ2) is 10.6. The lowest BCUT2D eigenvalue weighted by atomic mass is 10.0. The number of nitrogens with two attached hydrogens (primary N) is 2.